The van der Waals surface area contributed by atoms with Crippen molar-refractivity contribution >= 4 is 23.0 Å². The van der Waals surface area contributed by atoms with Gasteiger partial charge in [0.15, 0.2) is 5.11 Å². The molecule has 3 aliphatic rings. The average Bonchev–Trinajstić information content (AvgIpc) is 3.29. The number of methoxy groups -OCH3 is 1. The predicted molar refractivity (Wildman–Crippen MR) is 141 cm³/mol. The van der Waals surface area contributed by atoms with Crippen LogP contribution < -0.4 is 15.4 Å². The molecule has 180 valence electrons. The van der Waals surface area contributed by atoms with Gasteiger partial charge in [-0.25, -0.2) is 0 Å². The molecule has 35 heavy (non-hydrogen) atoms. The van der Waals surface area contributed by atoms with Crippen molar-refractivity contribution in [1.29, 1.82) is 5.26 Å². The first kappa shape index (κ1) is 23.3. The number of rotatable bonds is 6. The van der Waals surface area contributed by atoms with Gasteiger partial charge in [0.2, 0.25) is 0 Å². The SMILES string of the molecule is COc1ccc(-c2cc([C@@H]3CN4CC[C@H]3C[C@@H]4CNC(=S)Nc3cccc(C#N)c3)n(C)n2)cc1. The average molecular weight is 487 g/mol. The van der Waals surface area contributed by atoms with Gasteiger partial charge in [-0.05, 0) is 86.1 Å². The van der Waals surface area contributed by atoms with Crippen LogP contribution in [0.3, 0.4) is 0 Å². The molecule has 0 amide bonds. The number of benzene rings is 2. The van der Waals surface area contributed by atoms with E-state index in [1.165, 1.54) is 12.1 Å². The molecule has 2 bridgehead atoms. The number of aryl methyl sites for hydroxylation is 1. The zero-order valence-electron chi connectivity index (χ0n) is 20.1. The number of hydrogen-bond acceptors (Lipinski definition) is 5. The van der Waals surface area contributed by atoms with Crippen LogP contribution in [0.25, 0.3) is 11.3 Å². The number of nitriles is 1. The summed E-state index contributed by atoms with van der Waals surface area (Å²) in [6, 6.07) is 20.3. The summed E-state index contributed by atoms with van der Waals surface area (Å²) in [5.41, 5.74) is 4.88. The molecule has 3 aliphatic heterocycles. The van der Waals surface area contributed by atoms with Crippen molar-refractivity contribution in [3.63, 3.8) is 0 Å². The molecule has 8 heteroatoms. The fourth-order valence-electron chi connectivity index (χ4n) is 5.47. The molecular formula is C27H30N6OS. The third-order valence-electron chi connectivity index (χ3n) is 7.31. The van der Waals surface area contributed by atoms with Crippen molar-refractivity contribution in [2.75, 3.05) is 32.1 Å². The van der Waals surface area contributed by atoms with Crippen LogP contribution in [-0.4, -0.2) is 52.6 Å². The van der Waals surface area contributed by atoms with Gasteiger partial charge in [0.1, 0.15) is 5.75 Å². The van der Waals surface area contributed by atoms with Crippen LogP contribution in [0.1, 0.15) is 30.0 Å². The number of anilines is 1. The second-order valence-corrected chi connectivity index (χ2v) is 9.78. The molecule has 1 unspecified atom stereocenters. The molecule has 3 saturated heterocycles. The molecular weight excluding hydrogens is 456 g/mol. The van der Waals surface area contributed by atoms with Crippen LogP contribution in [0.4, 0.5) is 5.69 Å². The van der Waals surface area contributed by atoms with E-state index in [0.29, 0.717) is 28.6 Å². The van der Waals surface area contributed by atoms with Crippen LogP contribution >= 0.6 is 12.2 Å². The van der Waals surface area contributed by atoms with Gasteiger partial charge in [-0.15, -0.1) is 0 Å². The second kappa shape index (κ2) is 10.1. The minimum absolute atomic E-state index is 0.462. The third kappa shape index (κ3) is 5.02. The molecule has 0 spiro atoms. The zero-order valence-corrected chi connectivity index (χ0v) is 20.9. The van der Waals surface area contributed by atoms with E-state index in [2.05, 4.69) is 51.5 Å². The molecule has 4 atom stereocenters. The topological polar surface area (TPSA) is 78.1 Å². The number of hydrogen-bond donors (Lipinski definition) is 2. The monoisotopic (exact) mass is 486 g/mol. The molecule has 6 rings (SSSR count). The summed E-state index contributed by atoms with van der Waals surface area (Å²) < 4.78 is 7.35. The maximum absolute atomic E-state index is 9.09. The quantitative estimate of drug-likeness (QED) is 0.507. The molecule has 2 N–H and O–H groups in total. The summed E-state index contributed by atoms with van der Waals surface area (Å²) in [5, 5.41) is 21.1. The van der Waals surface area contributed by atoms with E-state index in [1.54, 1.807) is 19.2 Å². The Labute approximate surface area is 211 Å². The van der Waals surface area contributed by atoms with Gasteiger partial charge in [0, 0.05) is 49.0 Å². The number of nitrogens with zero attached hydrogens (tertiary/aromatic N) is 4. The van der Waals surface area contributed by atoms with E-state index < -0.39 is 0 Å². The number of thiocarbonyl (C=S) groups is 1. The molecule has 3 aromatic rings. The summed E-state index contributed by atoms with van der Waals surface area (Å²) in [6.45, 7) is 2.99. The van der Waals surface area contributed by atoms with Gasteiger partial charge in [0.05, 0.1) is 24.4 Å². The normalized spacial score (nSPS) is 22.9. The van der Waals surface area contributed by atoms with Crippen molar-refractivity contribution < 1.29 is 4.74 Å². The summed E-state index contributed by atoms with van der Waals surface area (Å²) >= 11 is 5.51. The van der Waals surface area contributed by atoms with E-state index in [0.717, 1.165) is 48.7 Å². The van der Waals surface area contributed by atoms with Gasteiger partial charge in [0.25, 0.3) is 0 Å². The smallest absolute Gasteiger partial charge is 0.170 e. The third-order valence-corrected chi connectivity index (χ3v) is 7.55. The van der Waals surface area contributed by atoms with Gasteiger partial charge in [-0.3, -0.25) is 9.58 Å². The predicted octanol–water partition coefficient (Wildman–Crippen LogP) is 4.13. The number of nitrogens with one attached hydrogen (secondary N) is 2. The van der Waals surface area contributed by atoms with Crippen LogP contribution in [0.2, 0.25) is 0 Å². The molecule has 0 aliphatic carbocycles. The molecule has 0 radical (unpaired) electrons. The Morgan fingerprint density at radius 3 is 2.77 bits per heavy atom. The Balaban J connectivity index is 1.20. The van der Waals surface area contributed by atoms with Crippen LogP contribution in [0.15, 0.2) is 54.6 Å². The fourth-order valence-corrected chi connectivity index (χ4v) is 5.67. The minimum atomic E-state index is 0.462. The summed E-state index contributed by atoms with van der Waals surface area (Å²) in [4.78, 5) is 2.59. The lowest BCUT2D eigenvalue weighted by atomic mass is 9.74. The van der Waals surface area contributed by atoms with Gasteiger partial charge in [-0.1, -0.05) is 6.07 Å². The minimum Gasteiger partial charge on any atom is -0.497 e. The first-order valence-electron chi connectivity index (χ1n) is 12.0. The van der Waals surface area contributed by atoms with Gasteiger partial charge >= 0.3 is 0 Å². The molecule has 0 saturated carbocycles. The van der Waals surface area contributed by atoms with Crippen LogP contribution in [0, 0.1) is 17.2 Å². The van der Waals surface area contributed by atoms with Crippen molar-refractivity contribution in [2.24, 2.45) is 13.0 Å². The highest BCUT2D eigenvalue weighted by atomic mass is 32.1. The fraction of sp³-hybridized carbons (Fsp3) is 0.370. The number of piperidine rings is 3. The zero-order chi connectivity index (χ0) is 24.4. The lowest BCUT2D eigenvalue weighted by Crippen LogP contribution is -2.56. The second-order valence-electron chi connectivity index (χ2n) is 9.37. The van der Waals surface area contributed by atoms with Crippen molar-refractivity contribution in [3.05, 3.63) is 65.9 Å². The highest BCUT2D eigenvalue weighted by molar-refractivity contribution is 7.80. The van der Waals surface area contributed by atoms with Gasteiger partial charge < -0.3 is 15.4 Å². The molecule has 2 aromatic carbocycles. The van der Waals surface area contributed by atoms with Crippen molar-refractivity contribution in [2.45, 2.75) is 24.8 Å². The van der Waals surface area contributed by atoms with E-state index in [4.69, 9.17) is 27.3 Å². The van der Waals surface area contributed by atoms with Crippen molar-refractivity contribution in [1.82, 2.24) is 20.0 Å². The molecule has 7 nitrogen and oxygen atoms in total. The van der Waals surface area contributed by atoms with Crippen molar-refractivity contribution in [3.8, 4) is 23.1 Å². The highest BCUT2D eigenvalue weighted by Gasteiger charge is 2.41. The maximum Gasteiger partial charge on any atom is 0.170 e. The lowest BCUT2D eigenvalue weighted by molar-refractivity contribution is 0.0303. The van der Waals surface area contributed by atoms with E-state index in [1.807, 2.05) is 24.3 Å². The van der Waals surface area contributed by atoms with E-state index >= 15 is 0 Å². The largest absolute Gasteiger partial charge is 0.497 e. The summed E-state index contributed by atoms with van der Waals surface area (Å²) in [7, 11) is 3.74. The number of fused-ring (bicyclic) bond motifs is 3. The molecule has 1 aromatic heterocycles. The Bertz CT molecular complexity index is 1250. The Morgan fingerprint density at radius 1 is 1.23 bits per heavy atom. The maximum atomic E-state index is 9.09. The van der Waals surface area contributed by atoms with E-state index in [-0.39, 0.29) is 0 Å². The Hall–Kier alpha value is -3.41. The highest BCUT2D eigenvalue weighted by Crippen LogP contribution is 2.42. The van der Waals surface area contributed by atoms with Crippen LogP contribution in [-0.2, 0) is 7.05 Å². The first-order chi connectivity index (χ1) is 17.0. The summed E-state index contributed by atoms with van der Waals surface area (Å²) in [6.07, 6.45) is 2.36. The summed E-state index contributed by atoms with van der Waals surface area (Å²) in [5.74, 6) is 1.98. The molecule has 4 heterocycles. The van der Waals surface area contributed by atoms with Crippen LogP contribution in [0.5, 0.6) is 5.75 Å². The lowest BCUT2D eigenvalue weighted by Gasteiger charge is -2.50. The standard InChI is InChI=1S/C27H30N6OS/c1-32-26(14-25(31-32)19-6-8-23(34-2)9-7-19)24-17-33-11-10-20(24)13-22(33)16-29-27(35)30-21-5-3-4-18(12-21)15-28/h3-9,12,14,20,22,24H,10-11,13,16-17H2,1-2H3,(H2,29,30,35)/t20-,22+,24+/m0/s1. The number of aromatic nitrogens is 2. The Morgan fingerprint density at radius 2 is 2.06 bits per heavy atom. The molecule has 3 fully saturated rings. The Kier molecular flexibility index (Phi) is 6.71. The van der Waals surface area contributed by atoms with E-state index in [9.17, 15) is 0 Å². The first-order valence-corrected chi connectivity index (χ1v) is 12.4. The number of ether oxygens (including phenoxy) is 1. The van der Waals surface area contributed by atoms with Gasteiger partial charge in [-0.2, -0.15) is 10.4 Å².